The standard InChI is InChI=1S/C14H20N2O/c1-8-4-11(5-8)16-14(17)12-7-13(15)10(3)6-9(12)2/h6-8,11H,4-5,15H2,1-3H3,(H,16,17). The Kier molecular flexibility index (Phi) is 3.09. The molecule has 0 saturated heterocycles. The number of hydrogen-bond acceptors (Lipinski definition) is 2. The predicted molar refractivity (Wildman–Crippen MR) is 70.0 cm³/mol. The first kappa shape index (κ1) is 12.0. The molecule has 1 aliphatic carbocycles. The summed E-state index contributed by atoms with van der Waals surface area (Å²) in [7, 11) is 0. The maximum atomic E-state index is 12.1. The minimum absolute atomic E-state index is 0.00565. The van der Waals surface area contributed by atoms with Crippen LogP contribution >= 0.6 is 0 Å². The van der Waals surface area contributed by atoms with E-state index in [4.69, 9.17) is 5.73 Å². The SMILES string of the molecule is Cc1cc(C)c(C(=O)NC2CC(C)C2)cc1N. The third kappa shape index (κ3) is 2.43. The highest BCUT2D eigenvalue weighted by Crippen LogP contribution is 2.27. The van der Waals surface area contributed by atoms with Crippen molar-refractivity contribution in [2.24, 2.45) is 5.92 Å². The molecule has 0 unspecified atom stereocenters. The van der Waals surface area contributed by atoms with Gasteiger partial charge in [-0.2, -0.15) is 0 Å². The highest BCUT2D eigenvalue weighted by molar-refractivity contribution is 5.97. The Labute approximate surface area is 102 Å². The van der Waals surface area contributed by atoms with E-state index in [-0.39, 0.29) is 5.91 Å². The van der Waals surface area contributed by atoms with Crippen LogP contribution in [0.2, 0.25) is 0 Å². The van der Waals surface area contributed by atoms with Crippen molar-refractivity contribution in [3.63, 3.8) is 0 Å². The smallest absolute Gasteiger partial charge is 0.251 e. The van der Waals surface area contributed by atoms with Crippen LogP contribution in [-0.2, 0) is 0 Å². The summed E-state index contributed by atoms with van der Waals surface area (Å²) in [5.41, 5.74) is 9.24. The number of hydrogen-bond donors (Lipinski definition) is 2. The minimum atomic E-state index is 0.00565. The van der Waals surface area contributed by atoms with Gasteiger partial charge in [0.15, 0.2) is 0 Å². The molecule has 0 aliphatic heterocycles. The first-order valence-electron chi connectivity index (χ1n) is 6.15. The van der Waals surface area contributed by atoms with Crippen LogP contribution in [0.4, 0.5) is 5.69 Å². The Morgan fingerprint density at radius 2 is 1.94 bits per heavy atom. The van der Waals surface area contributed by atoms with Crippen LogP contribution < -0.4 is 11.1 Å². The van der Waals surface area contributed by atoms with Crippen molar-refractivity contribution < 1.29 is 4.79 Å². The number of nitrogen functional groups attached to an aromatic ring is 1. The largest absolute Gasteiger partial charge is 0.398 e. The molecule has 1 aromatic carbocycles. The van der Waals surface area contributed by atoms with E-state index in [1.54, 1.807) is 6.07 Å². The maximum Gasteiger partial charge on any atom is 0.251 e. The van der Waals surface area contributed by atoms with Crippen LogP contribution in [0.25, 0.3) is 0 Å². The van der Waals surface area contributed by atoms with Crippen LogP contribution in [0, 0.1) is 19.8 Å². The van der Waals surface area contributed by atoms with Gasteiger partial charge in [-0.1, -0.05) is 13.0 Å². The number of carbonyl (C=O) groups is 1. The van der Waals surface area contributed by atoms with Gasteiger partial charge in [0.1, 0.15) is 0 Å². The van der Waals surface area contributed by atoms with Crippen LogP contribution in [0.1, 0.15) is 41.3 Å². The van der Waals surface area contributed by atoms with E-state index in [2.05, 4.69) is 12.2 Å². The van der Waals surface area contributed by atoms with Crippen molar-refractivity contribution in [1.82, 2.24) is 5.32 Å². The predicted octanol–water partition coefficient (Wildman–Crippen LogP) is 2.41. The van der Waals surface area contributed by atoms with Crippen LogP contribution in [0.3, 0.4) is 0 Å². The van der Waals surface area contributed by atoms with E-state index >= 15 is 0 Å². The summed E-state index contributed by atoms with van der Waals surface area (Å²) in [5, 5.41) is 3.06. The van der Waals surface area contributed by atoms with Gasteiger partial charge in [0, 0.05) is 17.3 Å². The topological polar surface area (TPSA) is 55.1 Å². The lowest BCUT2D eigenvalue weighted by molar-refractivity contribution is 0.0895. The zero-order valence-corrected chi connectivity index (χ0v) is 10.7. The lowest BCUT2D eigenvalue weighted by Gasteiger charge is -2.33. The Bertz CT molecular complexity index is 448. The van der Waals surface area contributed by atoms with E-state index < -0.39 is 0 Å². The molecule has 3 heteroatoms. The minimum Gasteiger partial charge on any atom is -0.398 e. The van der Waals surface area contributed by atoms with Crippen molar-refractivity contribution in [2.75, 3.05) is 5.73 Å². The van der Waals surface area contributed by atoms with Crippen LogP contribution in [0.15, 0.2) is 12.1 Å². The number of nitrogens with two attached hydrogens (primary N) is 1. The Balaban J connectivity index is 2.11. The van der Waals surface area contributed by atoms with Crippen molar-refractivity contribution in [2.45, 2.75) is 39.7 Å². The molecule has 1 saturated carbocycles. The van der Waals surface area contributed by atoms with Gasteiger partial charge in [-0.3, -0.25) is 4.79 Å². The second kappa shape index (κ2) is 4.40. The molecule has 3 nitrogen and oxygen atoms in total. The Hall–Kier alpha value is -1.51. The molecule has 1 amide bonds. The lowest BCUT2D eigenvalue weighted by Crippen LogP contribution is -2.43. The molecular formula is C14H20N2O. The molecule has 0 spiro atoms. The lowest BCUT2D eigenvalue weighted by atomic mass is 9.82. The van der Waals surface area contributed by atoms with Crippen molar-refractivity contribution in [3.8, 4) is 0 Å². The molecule has 1 fully saturated rings. The summed E-state index contributed by atoms with van der Waals surface area (Å²) in [4.78, 5) is 12.1. The number of aryl methyl sites for hydroxylation is 2. The molecule has 17 heavy (non-hydrogen) atoms. The van der Waals surface area contributed by atoms with Gasteiger partial charge in [0.2, 0.25) is 0 Å². The number of amides is 1. The van der Waals surface area contributed by atoms with E-state index in [9.17, 15) is 4.79 Å². The molecule has 0 heterocycles. The van der Waals surface area contributed by atoms with Crippen LogP contribution in [-0.4, -0.2) is 11.9 Å². The fourth-order valence-electron chi connectivity index (χ4n) is 2.40. The van der Waals surface area contributed by atoms with E-state index in [1.807, 2.05) is 19.9 Å². The first-order chi connectivity index (χ1) is 7.97. The van der Waals surface area contributed by atoms with Gasteiger partial charge in [-0.05, 0) is 49.8 Å². The maximum absolute atomic E-state index is 12.1. The van der Waals surface area contributed by atoms with Crippen LogP contribution in [0.5, 0.6) is 0 Å². The third-order valence-corrected chi connectivity index (χ3v) is 3.57. The van der Waals surface area contributed by atoms with E-state index in [0.717, 1.165) is 29.9 Å². The molecule has 0 bridgehead atoms. The summed E-state index contributed by atoms with van der Waals surface area (Å²) in [6.07, 6.45) is 2.18. The average molecular weight is 232 g/mol. The van der Waals surface area contributed by atoms with Crippen molar-refractivity contribution in [3.05, 3.63) is 28.8 Å². The Morgan fingerprint density at radius 3 is 2.53 bits per heavy atom. The summed E-state index contributed by atoms with van der Waals surface area (Å²) >= 11 is 0. The van der Waals surface area contributed by atoms with Gasteiger partial charge >= 0.3 is 0 Å². The normalized spacial score (nSPS) is 23.0. The molecule has 0 radical (unpaired) electrons. The highest BCUT2D eigenvalue weighted by Gasteiger charge is 2.27. The molecule has 92 valence electrons. The summed E-state index contributed by atoms with van der Waals surface area (Å²) < 4.78 is 0. The number of rotatable bonds is 2. The number of benzene rings is 1. The van der Waals surface area contributed by atoms with Gasteiger partial charge in [-0.15, -0.1) is 0 Å². The molecule has 0 atom stereocenters. The zero-order chi connectivity index (χ0) is 12.6. The average Bonchev–Trinajstić information content (AvgIpc) is 2.21. The summed E-state index contributed by atoms with van der Waals surface area (Å²) in [6, 6.07) is 4.09. The molecule has 3 N–H and O–H groups in total. The summed E-state index contributed by atoms with van der Waals surface area (Å²) in [6.45, 7) is 6.11. The van der Waals surface area contributed by atoms with E-state index in [0.29, 0.717) is 17.3 Å². The molecule has 0 aromatic heterocycles. The second-order valence-corrected chi connectivity index (χ2v) is 5.27. The van der Waals surface area contributed by atoms with Gasteiger partial charge in [0.05, 0.1) is 0 Å². The van der Waals surface area contributed by atoms with Gasteiger partial charge in [-0.25, -0.2) is 0 Å². The number of nitrogens with one attached hydrogen (secondary N) is 1. The van der Waals surface area contributed by atoms with Gasteiger partial charge < -0.3 is 11.1 Å². The first-order valence-corrected chi connectivity index (χ1v) is 6.15. The van der Waals surface area contributed by atoms with Crippen molar-refractivity contribution in [1.29, 1.82) is 0 Å². The molecular weight excluding hydrogens is 212 g/mol. The summed E-state index contributed by atoms with van der Waals surface area (Å²) in [5.74, 6) is 0.746. The van der Waals surface area contributed by atoms with E-state index in [1.165, 1.54) is 0 Å². The highest BCUT2D eigenvalue weighted by atomic mass is 16.1. The third-order valence-electron chi connectivity index (χ3n) is 3.57. The Morgan fingerprint density at radius 1 is 1.29 bits per heavy atom. The molecule has 2 rings (SSSR count). The fraction of sp³-hybridized carbons (Fsp3) is 0.500. The second-order valence-electron chi connectivity index (χ2n) is 5.27. The fourth-order valence-corrected chi connectivity index (χ4v) is 2.40. The quantitative estimate of drug-likeness (QED) is 0.769. The van der Waals surface area contributed by atoms with Gasteiger partial charge in [0.25, 0.3) is 5.91 Å². The molecule has 1 aliphatic rings. The number of anilines is 1. The number of carbonyl (C=O) groups excluding carboxylic acids is 1. The zero-order valence-electron chi connectivity index (χ0n) is 10.7. The molecule has 1 aromatic rings. The van der Waals surface area contributed by atoms with Crippen molar-refractivity contribution >= 4 is 11.6 Å². The monoisotopic (exact) mass is 232 g/mol.